The van der Waals surface area contributed by atoms with Crippen molar-refractivity contribution >= 4 is 35.1 Å². The Morgan fingerprint density at radius 2 is 1.31 bits per heavy atom. The molecule has 0 spiro atoms. The first-order valence-electron chi connectivity index (χ1n) is 15.3. The first kappa shape index (κ1) is 30.1. The van der Waals surface area contributed by atoms with E-state index in [2.05, 4.69) is 150 Å². The van der Waals surface area contributed by atoms with Gasteiger partial charge in [0.15, 0.2) is 0 Å². The number of halogens is 2. The number of allylic oxidation sites excluding steroid dienone is 2. The molecule has 0 fully saturated rings. The van der Waals surface area contributed by atoms with Crippen LogP contribution < -0.4 is 0 Å². The Bertz CT molecular complexity index is 1710. The van der Waals surface area contributed by atoms with E-state index in [4.69, 9.17) is 17.0 Å². The Hall–Kier alpha value is -1.96. The zero-order chi connectivity index (χ0) is 29.9. The average molecular weight is 688 g/mol. The van der Waals surface area contributed by atoms with Gasteiger partial charge >= 0.3 is 263 Å². The van der Waals surface area contributed by atoms with E-state index in [1.807, 2.05) is 0 Å². The third-order valence-corrected chi connectivity index (χ3v) is 61.9. The monoisotopic (exact) mass is 685 g/mol. The number of fused-ring (bicyclic) bond motifs is 2. The molecule has 0 nitrogen and oxygen atoms in total. The molecule has 4 aromatic carbocycles. The second kappa shape index (κ2) is 10.9. The van der Waals surface area contributed by atoms with Crippen molar-refractivity contribution in [2.45, 2.75) is 59.9 Å². The first-order valence-corrected chi connectivity index (χ1v) is 31.6. The minimum absolute atomic E-state index is 0.0940. The van der Waals surface area contributed by atoms with Crippen LogP contribution in [0.1, 0.15) is 69.2 Å². The molecule has 2 aliphatic carbocycles. The van der Waals surface area contributed by atoms with Crippen LogP contribution in [0.4, 0.5) is 0 Å². The summed E-state index contributed by atoms with van der Waals surface area (Å²) in [5.41, 5.74) is 13.2. The van der Waals surface area contributed by atoms with Crippen LogP contribution in [0.5, 0.6) is 0 Å². The molecular formula is C38H41Cl2SiZr. The summed E-state index contributed by atoms with van der Waals surface area (Å²) in [5, 5.41) is 0. The van der Waals surface area contributed by atoms with Crippen molar-refractivity contribution in [3.05, 3.63) is 130 Å². The molecular weight excluding hydrogens is 647 g/mol. The van der Waals surface area contributed by atoms with E-state index in [1.165, 1.54) is 55.6 Å². The van der Waals surface area contributed by atoms with E-state index in [1.54, 1.807) is 0 Å². The second-order valence-corrected chi connectivity index (χ2v) is 56.2. The van der Waals surface area contributed by atoms with E-state index in [0.29, 0.717) is 0 Å². The first-order chi connectivity index (χ1) is 19.9. The maximum absolute atomic E-state index is 8.38. The van der Waals surface area contributed by atoms with Gasteiger partial charge in [-0.15, -0.1) is 0 Å². The summed E-state index contributed by atoms with van der Waals surface area (Å²) in [6.07, 6.45) is 8.11. The van der Waals surface area contributed by atoms with Gasteiger partial charge in [-0.3, -0.25) is 0 Å². The Kier molecular flexibility index (Phi) is 7.80. The van der Waals surface area contributed by atoms with Crippen molar-refractivity contribution < 1.29 is 15.6 Å². The average Bonchev–Trinajstić information content (AvgIpc) is 3.60. The van der Waals surface area contributed by atoms with Crippen LogP contribution in [0.3, 0.4) is 0 Å². The molecule has 4 heteroatoms. The van der Waals surface area contributed by atoms with Gasteiger partial charge in [0.2, 0.25) is 0 Å². The number of hydrogen-bond donors (Lipinski definition) is 0. The van der Waals surface area contributed by atoms with Gasteiger partial charge in [-0.2, -0.15) is 0 Å². The molecule has 0 saturated heterocycles. The molecule has 2 unspecified atom stereocenters. The predicted octanol–water partition coefficient (Wildman–Crippen LogP) is 11.9. The Labute approximate surface area is 261 Å². The predicted molar refractivity (Wildman–Crippen MR) is 186 cm³/mol. The van der Waals surface area contributed by atoms with Crippen LogP contribution in [0.2, 0.25) is 13.1 Å². The molecule has 0 N–H and O–H groups in total. The summed E-state index contributed by atoms with van der Waals surface area (Å²) in [5.74, 6) is -1.55. The van der Waals surface area contributed by atoms with Crippen molar-refractivity contribution in [3.8, 4) is 22.3 Å². The summed E-state index contributed by atoms with van der Waals surface area (Å²) in [4.78, 5) is 0. The van der Waals surface area contributed by atoms with E-state index < -0.39 is 21.5 Å². The van der Waals surface area contributed by atoms with Crippen LogP contribution in [-0.4, -0.2) is 5.92 Å². The van der Waals surface area contributed by atoms with Crippen LogP contribution in [-0.2, 0) is 21.0 Å². The van der Waals surface area contributed by atoms with Gasteiger partial charge in [-0.1, -0.05) is 0 Å². The molecule has 0 saturated carbocycles. The number of benzene rings is 4. The summed E-state index contributed by atoms with van der Waals surface area (Å²) in [6.45, 7) is 13.9. The van der Waals surface area contributed by atoms with Crippen LogP contribution in [0, 0.1) is 0 Å². The maximum atomic E-state index is 8.38. The van der Waals surface area contributed by atoms with Crippen LogP contribution in [0.25, 0.3) is 34.4 Å². The molecule has 215 valence electrons. The van der Waals surface area contributed by atoms with Gasteiger partial charge in [0.25, 0.3) is 0 Å². The fraction of sp³-hybridized carbons (Fsp3) is 0.263. The van der Waals surface area contributed by atoms with Gasteiger partial charge in [0.1, 0.15) is 0 Å². The van der Waals surface area contributed by atoms with Gasteiger partial charge in [-0.05, 0) is 0 Å². The molecule has 0 aromatic heterocycles. The van der Waals surface area contributed by atoms with Gasteiger partial charge in [-0.25, -0.2) is 0 Å². The SMILES string of the molecule is CCC1=Cc2c(-c3ccccc3)cccc2[CH]1[Zr]([Cl])([Cl])([CH]1C=Cc2c(-c3ccc(C(C)(C)C)cc3)cccc21)[SiH](C)C. The fourth-order valence-corrected chi connectivity index (χ4v) is 37.0. The molecule has 6 rings (SSSR count). The van der Waals surface area contributed by atoms with Gasteiger partial charge in [0.05, 0.1) is 0 Å². The standard InChI is InChI=1S/C19H19.C17H15.C2H7Si.2ClH.Zr/c1-19(2,3)16-12-10-15(11-13-16)18-9-5-7-14-6-4-8-17(14)18;1-2-13-11-15-9-6-10-16(17(15)12-13)14-7-4-3-5-8-14;1-3-2;;;/h4-13H,1-3H3;3-12H,2H2,1H3;3H,1-2H3;2*1H;/q;;;;;+2/p-2. The molecule has 0 aliphatic heterocycles. The van der Waals surface area contributed by atoms with Crippen molar-refractivity contribution in [2.75, 3.05) is 0 Å². The van der Waals surface area contributed by atoms with Crippen LogP contribution >= 0.6 is 17.0 Å². The zero-order valence-electron chi connectivity index (χ0n) is 25.6. The Morgan fingerprint density at radius 1 is 0.714 bits per heavy atom. The minimum atomic E-state index is -4.64. The summed E-state index contributed by atoms with van der Waals surface area (Å²) < 4.78 is 0.219. The zero-order valence-corrected chi connectivity index (χ0v) is 30.7. The third kappa shape index (κ3) is 4.73. The van der Waals surface area contributed by atoms with Crippen LogP contribution in [0.15, 0.2) is 103 Å². The summed E-state index contributed by atoms with van der Waals surface area (Å²) in [7, 11) is 16.8. The molecule has 0 bridgehead atoms. The van der Waals surface area contributed by atoms with Crippen molar-refractivity contribution in [2.24, 2.45) is 0 Å². The molecule has 0 heterocycles. The Balaban J connectivity index is 1.49. The summed E-state index contributed by atoms with van der Waals surface area (Å²) >= 11 is -4.64. The quantitative estimate of drug-likeness (QED) is 0.177. The Morgan fingerprint density at radius 3 is 1.90 bits per heavy atom. The van der Waals surface area contributed by atoms with Crippen molar-refractivity contribution in [1.29, 1.82) is 0 Å². The number of hydrogen-bond acceptors (Lipinski definition) is 0. The van der Waals surface area contributed by atoms with E-state index in [0.717, 1.165) is 6.42 Å². The fourth-order valence-electron chi connectivity index (χ4n) is 7.38. The van der Waals surface area contributed by atoms with Gasteiger partial charge < -0.3 is 0 Å². The number of rotatable bonds is 6. The summed E-state index contributed by atoms with van der Waals surface area (Å²) in [6, 6.07) is 33.4. The third-order valence-electron chi connectivity index (χ3n) is 9.89. The van der Waals surface area contributed by atoms with Crippen molar-refractivity contribution in [3.63, 3.8) is 0 Å². The second-order valence-electron chi connectivity index (χ2n) is 13.5. The molecule has 2 atom stereocenters. The normalized spacial score (nSPS) is 18.9. The van der Waals surface area contributed by atoms with E-state index >= 15 is 0 Å². The molecule has 0 amide bonds. The topological polar surface area (TPSA) is 0 Å². The molecule has 2 aliphatic rings. The molecule has 0 radical (unpaired) electrons. The molecule has 42 heavy (non-hydrogen) atoms. The van der Waals surface area contributed by atoms with E-state index in [9.17, 15) is 0 Å². The van der Waals surface area contributed by atoms with E-state index in [-0.39, 0.29) is 12.7 Å². The molecule has 4 aromatic rings. The van der Waals surface area contributed by atoms with Gasteiger partial charge in [0, 0.05) is 0 Å². The van der Waals surface area contributed by atoms with Crippen molar-refractivity contribution in [1.82, 2.24) is 0 Å².